The molecule has 98 valence electrons. The summed E-state index contributed by atoms with van der Waals surface area (Å²) in [5.74, 6) is 0. The Balaban J connectivity index is 2.33. The van der Waals surface area contributed by atoms with Crippen molar-refractivity contribution in [1.29, 1.82) is 5.26 Å². The number of hydrogen-bond acceptors (Lipinski definition) is 3. The van der Waals surface area contributed by atoms with E-state index in [1.807, 2.05) is 18.2 Å². The minimum absolute atomic E-state index is 0.0945. The molecule has 1 rings (SSSR count). The van der Waals surface area contributed by atoms with Crippen LogP contribution in [-0.2, 0) is 6.42 Å². The molecule has 3 nitrogen and oxygen atoms in total. The van der Waals surface area contributed by atoms with Gasteiger partial charge in [-0.1, -0.05) is 44.2 Å². The zero-order valence-corrected chi connectivity index (χ0v) is 11.4. The van der Waals surface area contributed by atoms with Gasteiger partial charge in [-0.3, -0.25) is 0 Å². The van der Waals surface area contributed by atoms with Gasteiger partial charge in [0.2, 0.25) is 0 Å². The van der Waals surface area contributed by atoms with Gasteiger partial charge in [-0.05, 0) is 18.7 Å². The number of benzene rings is 1. The summed E-state index contributed by atoms with van der Waals surface area (Å²) >= 11 is 0. The van der Waals surface area contributed by atoms with E-state index in [9.17, 15) is 0 Å². The summed E-state index contributed by atoms with van der Waals surface area (Å²) in [4.78, 5) is 2.35. The molecule has 0 spiro atoms. The molecule has 0 saturated heterocycles. The molecule has 1 aromatic carbocycles. The molecular weight excluding hydrogens is 222 g/mol. The first kappa shape index (κ1) is 14.7. The van der Waals surface area contributed by atoms with Crippen LogP contribution in [0.5, 0.6) is 0 Å². The fourth-order valence-corrected chi connectivity index (χ4v) is 1.95. The minimum Gasteiger partial charge on any atom is -0.303 e. The molecule has 1 atom stereocenters. The molecule has 1 unspecified atom stereocenters. The van der Waals surface area contributed by atoms with Crippen LogP contribution in [0.1, 0.15) is 19.4 Å². The summed E-state index contributed by atoms with van der Waals surface area (Å²) < 4.78 is 0. The Labute approximate surface area is 110 Å². The molecule has 0 heterocycles. The van der Waals surface area contributed by atoms with Gasteiger partial charge in [-0.15, -0.1) is 0 Å². The third-order valence-corrected chi connectivity index (χ3v) is 3.15. The fraction of sp³-hybridized carbons (Fsp3) is 0.533. The summed E-state index contributed by atoms with van der Waals surface area (Å²) in [5.41, 5.74) is 1.21. The second kappa shape index (κ2) is 8.68. The quantitative estimate of drug-likeness (QED) is 0.762. The van der Waals surface area contributed by atoms with Gasteiger partial charge >= 0.3 is 0 Å². The minimum atomic E-state index is -0.0945. The van der Waals surface area contributed by atoms with E-state index in [4.69, 9.17) is 5.26 Å². The number of nitrogens with zero attached hydrogens (tertiary/aromatic N) is 2. The van der Waals surface area contributed by atoms with Crippen molar-refractivity contribution in [2.45, 2.75) is 26.3 Å². The van der Waals surface area contributed by atoms with E-state index in [-0.39, 0.29) is 6.04 Å². The van der Waals surface area contributed by atoms with Gasteiger partial charge in [0.25, 0.3) is 0 Å². The lowest BCUT2D eigenvalue weighted by molar-refractivity contribution is 0.299. The maximum Gasteiger partial charge on any atom is 0.0994 e. The first-order chi connectivity index (χ1) is 8.80. The molecule has 1 N–H and O–H groups in total. The first-order valence-corrected chi connectivity index (χ1v) is 6.69. The van der Waals surface area contributed by atoms with Crippen LogP contribution in [-0.4, -0.2) is 37.1 Å². The third kappa shape index (κ3) is 5.31. The largest absolute Gasteiger partial charge is 0.303 e. The number of nitrogens with one attached hydrogen (secondary N) is 1. The van der Waals surface area contributed by atoms with Crippen LogP contribution in [0.3, 0.4) is 0 Å². The van der Waals surface area contributed by atoms with Crippen LogP contribution < -0.4 is 5.32 Å². The lowest BCUT2D eigenvalue weighted by Crippen LogP contribution is -2.37. The predicted molar refractivity (Wildman–Crippen MR) is 75.3 cm³/mol. The van der Waals surface area contributed by atoms with Crippen LogP contribution >= 0.6 is 0 Å². The van der Waals surface area contributed by atoms with E-state index in [2.05, 4.69) is 42.3 Å². The van der Waals surface area contributed by atoms with Gasteiger partial charge in [0.15, 0.2) is 0 Å². The molecule has 0 bridgehead atoms. The lowest BCUT2D eigenvalue weighted by Gasteiger charge is -2.19. The van der Waals surface area contributed by atoms with E-state index >= 15 is 0 Å². The Hall–Kier alpha value is -1.37. The first-order valence-electron chi connectivity index (χ1n) is 6.69. The van der Waals surface area contributed by atoms with E-state index in [1.165, 1.54) is 5.56 Å². The Kier molecular flexibility index (Phi) is 7.09. The Morgan fingerprint density at radius 2 is 1.89 bits per heavy atom. The highest BCUT2D eigenvalue weighted by molar-refractivity contribution is 5.17. The van der Waals surface area contributed by atoms with Crippen LogP contribution in [0.2, 0.25) is 0 Å². The van der Waals surface area contributed by atoms with Crippen LogP contribution in [0.25, 0.3) is 0 Å². The molecule has 0 aliphatic heterocycles. The molecule has 0 aliphatic carbocycles. The molecule has 0 amide bonds. The SMILES string of the molecule is CCN(CC)CCNC(C#N)Cc1ccccc1. The Morgan fingerprint density at radius 3 is 2.44 bits per heavy atom. The number of likely N-dealkylation sites (N-methyl/N-ethyl adjacent to an activating group) is 1. The van der Waals surface area contributed by atoms with Crippen LogP contribution in [0.15, 0.2) is 30.3 Å². The lowest BCUT2D eigenvalue weighted by atomic mass is 10.1. The van der Waals surface area contributed by atoms with Gasteiger partial charge in [0.1, 0.15) is 0 Å². The average Bonchev–Trinajstić information content (AvgIpc) is 2.43. The second-order valence-corrected chi connectivity index (χ2v) is 4.35. The van der Waals surface area contributed by atoms with Crippen molar-refractivity contribution < 1.29 is 0 Å². The Morgan fingerprint density at radius 1 is 1.22 bits per heavy atom. The van der Waals surface area contributed by atoms with Gasteiger partial charge in [-0.2, -0.15) is 5.26 Å². The zero-order valence-electron chi connectivity index (χ0n) is 11.4. The van der Waals surface area contributed by atoms with Crippen molar-refractivity contribution in [1.82, 2.24) is 10.2 Å². The number of hydrogen-bond donors (Lipinski definition) is 1. The van der Waals surface area contributed by atoms with Crippen molar-refractivity contribution in [2.24, 2.45) is 0 Å². The summed E-state index contributed by atoms with van der Waals surface area (Å²) in [6.45, 7) is 8.32. The van der Waals surface area contributed by atoms with Gasteiger partial charge in [0.05, 0.1) is 12.1 Å². The smallest absolute Gasteiger partial charge is 0.0994 e. The molecular formula is C15H23N3. The van der Waals surface area contributed by atoms with Crippen molar-refractivity contribution in [3.05, 3.63) is 35.9 Å². The van der Waals surface area contributed by atoms with E-state index < -0.39 is 0 Å². The summed E-state index contributed by atoms with van der Waals surface area (Å²) in [6, 6.07) is 12.4. The fourth-order valence-electron chi connectivity index (χ4n) is 1.95. The predicted octanol–water partition coefficient (Wildman–Crippen LogP) is 2.05. The normalized spacial score (nSPS) is 12.3. The van der Waals surface area contributed by atoms with Gasteiger partial charge in [-0.25, -0.2) is 0 Å². The van der Waals surface area contributed by atoms with E-state index in [1.54, 1.807) is 0 Å². The van der Waals surface area contributed by atoms with Crippen LogP contribution in [0, 0.1) is 11.3 Å². The van der Waals surface area contributed by atoms with Gasteiger partial charge in [0, 0.05) is 19.5 Å². The number of rotatable bonds is 8. The highest BCUT2D eigenvalue weighted by Crippen LogP contribution is 2.02. The topological polar surface area (TPSA) is 39.1 Å². The van der Waals surface area contributed by atoms with Crippen molar-refractivity contribution >= 4 is 0 Å². The monoisotopic (exact) mass is 245 g/mol. The summed E-state index contributed by atoms with van der Waals surface area (Å²) in [6.07, 6.45) is 0.773. The van der Waals surface area contributed by atoms with E-state index in [0.29, 0.717) is 0 Å². The molecule has 18 heavy (non-hydrogen) atoms. The van der Waals surface area contributed by atoms with Crippen molar-refractivity contribution in [3.8, 4) is 6.07 Å². The highest BCUT2D eigenvalue weighted by atomic mass is 15.1. The third-order valence-electron chi connectivity index (χ3n) is 3.15. The van der Waals surface area contributed by atoms with Crippen LogP contribution in [0.4, 0.5) is 0 Å². The molecule has 0 aromatic heterocycles. The highest BCUT2D eigenvalue weighted by Gasteiger charge is 2.07. The summed E-state index contributed by atoms with van der Waals surface area (Å²) in [5, 5.41) is 12.5. The standard InChI is InChI=1S/C15H23N3/c1-3-18(4-2)11-10-17-15(13-16)12-14-8-6-5-7-9-14/h5-9,15,17H,3-4,10-12H2,1-2H3. The zero-order chi connectivity index (χ0) is 13.2. The van der Waals surface area contributed by atoms with Crippen molar-refractivity contribution in [3.63, 3.8) is 0 Å². The van der Waals surface area contributed by atoms with Crippen molar-refractivity contribution in [2.75, 3.05) is 26.2 Å². The summed E-state index contributed by atoms with van der Waals surface area (Å²) in [7, 11) is 0. The maximum atomic E-state index is 9.14. The average molecular weight is 245 g/mol. The molecule has 1 aromatic rings. The molecule has 0 aliphatic rings. The molecule has 0 radical (unpaired) electrons. The molecule has 3 heteroatoms. The maximum absolute atomic E-state index is 9.14. The molecule has 0 fully saturated rings. The molecule has 0 saturated carbocycles. The van der Waals surface area contributed by atoms with Gasteiger partial charge < -0.3 is 10.2 Å². The van der Waals surface area contributed by atoms with E-state index in [0.717, 1.165) is 32.6 Å². The second-order valence-electron chi connectivity index (χ2n) is 4.35. The Bertz CT molecular complexity index is 352. The number of nitriles is 1.